The van der Waals surface area contributed by atoms with Gasteiger partial charge in [0.25, 0.3) is 5.91 Å². The van der Waals surface area contributed by atoms with Gasteiger partial charge >= 0.3 is 12.1 Å². The number of benzene rings is 1. The molecule has 0 radical (unpaired) electrons. The number of nitrogens with one attached hydrogen (secondary N) is 2. The van der Waals surface area contributed by atoms with Crippen molar-refractivity contribution in [3.8, 4) is 0 Å². The van der Waals surface area contributed by atoms with Gasteiger partial charge in [-0.05, 0) is 25.1 Å². The van der Waals surface area contributed by atoms with E-state index in [1.807, 2.05) is 4.90 Å². The molecule has 2 heterocycles. The second-order valence-electron chi connectivity index (χ2n) is 7.87. The molecule has 2 saturated heterocycles. The van der Waals surface area contributed by atoms with Crippen LogP contribution in [0.3, 0.4) is 0 Å². The zero-order chi connectivity index (χ0) is 24.7. The van der Waals surface area contributed by atoms with Crippen molar-refractivity contribution in [2.24, 2.45) is 5.10 Å². The van der Waals surface area contributed by atoms with Crippen molar-refractivity contribution in [1.82, 2.24) is 10.7 Å². The zero-order valence-electron chi connectivity index (χ0n) is 19.1. The van der Waals surface area contributed by atoms with E-state index in [0.717, 1.165) is 5.71 Å². The number of hydrogen-bond acceptors (Lipinski definition) is 8. The van der Waals surface area contributed by atoms with Crippen LogP contribution < -0.4 is 20.5 Å². The molecule has 184 valence electrons. The summed E-state index contributed by atoms with van der Waals surface area (Å²) in [5, 5.41) is 6.66. The second kappa shape index (κ2) is 11.4. The number of anilines is 2. The topological polar surface area (TPSA) is 130 Å². The van der Waals surface area contributed by atoms with Gasteiger partial charge in [0.2, 0.25) is 5.91 Å². The lowest BCUT2D eigenvalue weighted by Crippen LogP contribution is -2.36. The molecule has 0 spiro atoms. The summed E-state index contributed by atoms with van der Waals surface area (Å²) < 4.78 is 24.8. The third-order valence-electron chi connectivity index (χ3n) is 5.33. The third kappa shape index (κ3) is 6.65. The van der Waals surface area contributed by atoms with Crippen molar-refractivity contribution in [3.05, 3.63) is 24.0 Å². The van der Waals surface area contributed by atoms with Gasteiger partial charge < -0.3 is 19.7 Å². The summed E-state index contributed by atoms with van der Waals surface area (Å²) in [6.07, 6.45) is -0.454. The van der Waals surface area contributed by atoms with E-state index in [2.05, 4.69) is 15.8 Å². The molecule has 2 fully saturated rings. The zero-order valence-corrected chi connectivity index (χ0v) is 19.1. The van der Waals surface area contributed by atoms with Crippen molar-refractivity contribution in [3.63, 3.8) is 0 Å². The summed E-state index contributed by atoms with van der Waals surface area (Å²) in [7, 11) is 0. The number of carbonyl (C=O) groups excluding carboxylic acids is 4. The fourth-order valence-corrected chi connectivity index (χ4v) is 3.66. The molecule has 3 rings (SSSR count). The number of rotatable bonds is 8. The van der Waals surface area contributed by atoms with E-state index in [-0.39, 0.29) is 25.6 Å². The Morgan fingerprint density at radius 3 is 2.65 bits per heavy atom. The molecule has 0 bridgehead atoms. The lowest BCUT2D eigenvalue weighted by Gasteiger charge is -2.30. The summed E-state index contributed by atoms with van der Waals surface area (Å²) in [6, 6.07) is 4.55. The molecule has 2 aliphatic rings. The van der Waals surface area contributed by atoms with E-state index in [4.69, 9.17) is 9.47 Å². The third-order valence-corrected chi connectivity index (χ3v) is 5.33. The van der Waals surface area contributed by atoms with Gasteiger partial charge in [-0.25, -0.2) is 14.6 Å². The quantitative estimate of drug-likeness (QED) is 0.328. The molecule has 1 aromatic rings. The molecule has 34 heavy (non-hydrogen) atoms. The van der Waals surface area contributed by atoms with E-state index in [1.165, 1.54) is 17.9 Å². The predicted octanol–water partition coefficient (Wildman–Crippen LogP) is 1.31. The van der Waals surface area contributed by atoms with Crippen LogP contribution in [0, 0.1) is 5.82 Å². The van der Waals surface area contributed by atoms with Gasteiger partial charge in [-0.15, -0.1) is 0 Å². The average Bonchev–Trinajstić information content (AvgIpc) is 3.17. The normalized spacial score (nSPS) is 17.8. The maximum absolute atomic E-state index is 14.9. The number of nitrogens with zero attached hydrogens (tertiary/aromatic N) is 3. The Bertz CT molecular complexity index is 975. The van der Waals surface area contributed by atoms with Crippen LogP contribution in [0.15, 0.2) is 23.3 Å². The van der Waals surface area contributed by atoms with Crippen LogP contribution in [0.1, 0.15) is 33.1 Å². The predicted molar refractivity (Wildman–Crippen MR) is 121 cm³/mol. The highest BCUT2D eigenvalue weighted by Crippen LogP contribution is 2.29. The van der Waals surface area contributed by atoms with Crippen molar-refractivity contribution in [2.45, 2.75) is 39.2 Å². The molecular formula is C22H28FN5O6. The molecular weight excluding hydrogens is 449 g/mol. The largest absolute Gasteiger partial charge is 0.466 e. The SMILES string of the molecule is CCOC(=O)CC(=O)NN=C1CCN(c2ccc(N3C[C@H](CNC(C)=O)OC3=O)cc2F)CC1. The lowest BCUT2D eigenvalue weighted by molar-refractivity contribution is -0.146. The first-order valence-corrected chi connectivity index (χ1v) is 11.0. The summed E-state index contributed by atoms with van der Waals surface area (Å²) >= 11 is 0. The first-order valence-electron chi connectivity index (χ1n) is 11.0. The Morgan fingerprint density at radius 2 is 2.00 bits per heavy atom. The maximum Gasteiger partial charge on any atom is 0.414 e. The lowest BCUT2D eigenvalue weighted by atomic mass is 10.1. The average molecular weight is 477 g/mol. The number of cyclic esters (lactones) is 1. The summed E-state index contributed by atoms with van der Waals surface area (Å²) in [4.78, 5) is 49.4. The van der Waals surface area contributed by atoms with E-state index < -0.39 is 36.3 Å². The molecule has 0 saturated carbocycles. The molecule has 0 aliphatic carbocycles. The first-order chi connectivity index (χ1) is 16.3. The van der Waals surface area contributed by atoms with Crippen LogP contribution in [0.5, 0.6) is 0 Å². The minimum Gasteiger partial charge on any atom is -0.466 e. The Morgan fingerprint density at radius 1 is 1.26 bits per heavy atom. The number of ether oxygens (including phenoxy) is 2. The molecule has 2 N–H and O–H groups in total. The van der Waals surface area contributed by atoms with E-state index in [0.29, 0.717) is 37.3 Å². The molecule has 12 heteroatoms. The fourth-order valence-electron chi connectivity index (χ4n) is 3.66. The van der Waals surface area contributed by atoms with Crippen molar-refractivity contribution in [2.75, 3.05) is 42.6 Å². The number of hydrazone groups is 1. The molecule has 1 atom stereocenters. The number of piperidine rings is 1. The van der Waals surface area contributed by atoms with E-state index >= 15 is 0 Å². The highest BCUT2D eigenvalue weighted by atomic mass is 19.1. The highest BCUT2D eigenvalue weighted by molar-refractivity contribution is 5.95. The summed E-state index contributed by atoms with van der Waals surface area (Å²) in [6.45, 7) is 4.63. The van der Waals surface area contributed by atoms with Gasteiger partial charge in [0.1, 0.15) is 18.3 Å². The standard InChI is InChI=1S/C22H28FN5O6/c1-3-33-21(31)11-20(30)26-25-15-6-8-27(9-7-15)19-5-4-16(10-18(19)23)28-13-17(34-22(28)32)12-24-14(2)29/h4-5,10,17H,3,6-9,11-13H2,1-2H3,(H,24,29)(H,26,30)/t17-/m0/s1. The van der Waals surface area contributed by atoms with Crippen molar-refractivity contribution >= 4 is 41.0 Å². The van der Waals surface area contributed by atoms with E-state index in [1.54, 1.807) is 19.1 Å². The van der Waals surface area contributed by atoms with Crippen LogP contribution in [-0.4, -0.2) is 68.5 Å². The molecule has 11 nitrogen and oxygen atoms in total. The smallest absolute Gasteiger partial charge is 0.414 e. The number of esters is 1. The van der Waals surface area contributed by atoms with Gasteiger partial charge in [-0.2, -0.15) is 5.10 Å². The van der Waals surface area contributed by atoms with Crippen LogP contribution in [0.4, 0.5) is 20.6 Å². The Kier molecular flexibility index (Phi) is 8.39. The summed E-state index contributed by atoms with van der Waals surface area (Å²) in [5.41, 5.74) is 3.87. The van der Waals surface area contributed by atoms with E-state index in [9.17, 15) is 23.6 Å². The maximum atomic E-state index is 14.9. The number of carbonyl (C=O) groups is 4. The minimum atomic E-state index is -0.612. The number of amides is 3. The van der Waals surface area contributed by atoms with Gasteiger partial charge in [0.15, 0.2) is 0 Å². The monoisotopic (exact) mass is 477 g/mol. The van der Waals surface area contributed by atoms with Gasteiger partial charge in [0.05, 0.1) is 31.1 Å². The van der Waals surface area contributed by atoms with Crippen molar-refractivity contribution in [1.29, 1.82) is 0 Å². The number of hydrogen-bond donors (Lipinski definition) is 2. The Balaban J connectivity index is 1.53. The van der Waals surface area contributed by atoms with Crippen LogP contribution in [0.25, 0.3) is 0 Å². The molecule has 0 aromatic heterocycles. The molecule has 1 aromatic carbocycles. The Hall–Kier alpha value is -3.70. The van der Waals surface area contributed by atoms with Gasteiger partial charge in [-0.3, -0.25) is 19.3 Å². The summed E-state index contributed by atoms with van der Waals surface area (Å²) in [5.74, 6) is -1.86. The molecule has 0 unspecified atom stereocenters. The first kappa shape index (κ1) is 24.9. The second-order valence-corrected chi connectivity index (χ2v) is 7.87. The minimum absolute atomic E-state index is 0.194. The number of halogens is 1. The highest BCUT2D eigenvalue weighted by Gasteiger charge is 2.33. The molecule has 2 aliphatic heterocycles. The van der Waals surface area contributed by atoms with Crippen molar-refractivity contribution < 1.29 is 33.0 Å². The van der Waals surface area contributed by atoms with Crippen LogP contribution in [-0.2, 0) is 23.9 Å². The van der Waals surface area contributed by atoms with Gasteiger partial charge in [0, 0.05) is 38.6 Å². The van der Waals surface area contributed by atoms with Crippen LogP contribution in [0.2, 0.25) is 0 Å². The Labute approximate surface area is 196 Å². The van der Waals surface area contributed by atoms with Crippen LogP contribution >= 0.6 is 0 Å². The molecule has 3 amide bonds. The fraction of sp³-hybridized carbons (Fsp3) is 0.500. The van der Waals surface area contributed by atoms with Gasteiger partial charge in [-0.1, -0.05) is 0 Å².